The molecule has 158 valence electrons. The number of nitrogens with zero attached hydrogens (tertiary/aromatic N) is 1. The number of non-ortho nitro benzene ring substituents is 1. The first-order valence-corrected chi connectivity index (χ1v) is 10.0. The zero-order chi connectivity index (χ0) is 22.1. The second-order valence-electron chi connectivity index (χ2n) is 5.98. The van der Waals surface area contributed by atoms with Crippen LogP contribution >= 0.6 is 11.8 Å². The summed E-state index contributed by atoms with van der Waals surface area (Å²) in [4.78, 5) is 46.7. The number of aliphatic carboxylic acids is 1. The summed E-state index contributed by atoms with van der Waals surface area (Å²) >= 11 is 1.43. The number of carbonyl (C=O) groups is 3. The van der Waals surface area contributed by atoms with Gasteiger partial charge in [-0.3, -0.25) is 19.7 Å². The molecule has 0 saturated carbocycles. The number of benzene rings is 1. The van der Waals surface area contributed by atoms with Gasteiger partial charge in [-0.2, -0.15) is 11.8 Å². The molecular weight excluding hydrogens is 414 g/mol. The summed E-state index contributed by atoms with van der Waals surface area (Å²) < 4.78 is 5.00. The van der Waals surface area contributed by atoms with Crippen molar-refractivity contribution in [1.82, 2.24) is 10.6 Å². The maximum absolute atomic E-state index is 12.7. The summed E-state index contributed by atoms with van der Waals surface area (Å²) in [7, 11) is 0. The summed E-state index contributed by atoms with van der Waals surface area (Å²) in [6.07, 6.45) is 4.58. The number of nitro groups is 1. The first-order chi connectivity index (χ1) is 14.3. The lowest BCUT2D eigenvalue weighted by molar-refractivity contribution is -0.384. The third kappa shape index (κ3) is 6.48. The molecule has 0 saturated heterocycles. The number of thioether (sulfide) groups is 1. The van der Waals surface area contributed by atoms with E-state index in [0.29, 0.717) is 11.3 Å². The highest BCUT2D eigenvalue weighted by Crippen LogP contribution is 2.15. The van der Waals surface area contributed by atoms with E-state index in [-0.39, 0.29) is 23.6 Å². The lowest BCUT2D eigenvalue weighted by Crippen LogP contribution is -2.44. The topological polar surface area (TPSA) is 152 Å². The molecule has 1 aromatic heterocycles. The zero-order valence-electron chi connectivity index (χ0n) is 15.9. The first kappa shape index (κ1) is 22.7. The zero-order valence-corrected chi connectivity index (χ0v) is 16.7. The molecule has 0 bridgehead atoms. The molecule has 1 aromatic carbocycles. The molecule has 2 aromatic rings. The third-order valence-corrected chi connectivity index (χ3v) is 4.51. The van der Waals surface area contributed by atoms with E-state index in [1.165, 1.54) is 60.5 Å². The normalized spacial score (nSPS) is 12.1. The molecule has 30 heavy (non-hydrogen) atoms. The Kier molecular flexibility index (Phi) is 8.18. The minimum Gasteiger partial charge on any atom is -0.480 e. The molecule has 0 aliphatic rings. The van der Waals surface area contributed by atoms with E-state index < -0.39 is 28.7 Å². The third-order valence-electron chi connectivity index (χ3n) is 3.87. The van der Waals surface area contributed by atoms with E-state index in [9.17, 15) is 29.6 Å². The van der Waals surface area contributed by atoms with Gasteiger partial charge in [0, 0.05) is 12.1 Å². The Balaban J connectivity index is 2.29. The molecule has 0 spiro atoms. The number of amides is 2. The Hall–Kier alpha value is -3.60. The number of hydrogen-bond acceptors (Lipinski definition) is 7. The highest BCUT2D eigenvalue weighted by molar-refractivity contribution is 7.98. The van der Waals surface area contributed by atoms with Crippen LogP contribution in [0.15, 0.2) is 52.8 Å². The molecule has 2 amide bonds. The van der Waals surface area contributed by atoms with Crippen LogP contribution in [0.25, 0.3) is 6.08 Å². The maximum atomic E-state index is 12.7. The van der Waals surface area contributed by atoms with Gasteiger partial charge in [-0.15, -0.1) is 0 Å². The fraction of sp³-hybridized carbons (Fsp3) is 0.211. The van der Waals surface area contributed by atoms with Gasteiger partial charge in [0.1, 0.15) is 11.7 Å². The first-order valence-electron chi connectivity index (χ1n) is 8.65. The van der Waals surface area contributed by atoms with E-state index in [2.05, 4.69) is 10.6 Å². The van der Waals surface area contributed by atoms with Crippen molar-refractivity contribution in [2.45, 2.75) is 12.5 Å². The van der Waals surface area contributed by atoms with Crippen LogP contribution in [0.2, 0.25) is 0 Å². The molecule has 11 heteroatoms. The lowest BCUT2D eigenvalue weighted by atomic mass is 10.1. The second-order valence-corrected chi connectivity index (χ2v) is 6.97. The average Bonchev–Trinajstić information content (AvgIpc) is 3.25. The predicted molar refractivity (Wildman–Crippen MR) is 110 cm³/mol. The summed E-state index contributed by atoms with van der Waals surface area (Å²) in [5.74, 6) is -2.27. The van der Waals surface area contributed by atoms with Crippen LogP contribution in [0, 0.1) is 10.1 Å². The van der Waals surface area contributed by atoms with Crippen molar-refractivity contribution < 1.29 is 28.8 Å². The van der Waals surface area contributed by atoms with Gasteiger partial charge in [-0.05, 0) is 54.3 Å². The highest BCUT2D eigenvalue weighted by Gasteiger charge is 2.23. The Bertz CT molecular complexity index is 940. The van der Waals surface area contributed by atoms with E-state index >= 15 is 0 Å². The molecule has 0 unspecified atom stereocenters. The quantitative estimate of drug-likeness (QED) is 0.293. The van der Waals surface area contributed by atoms with E-state index in [0.717, 1.165) is 0 Å². The number of carboxylic acids is 1. The van der Waals surface area contributed by atoms with Crippen molar-refractivity contribution >= 4 is 41.3 Å². The van der Waals surface area contributed by atoms with Crippen LogP contribution in [-0.2, 0) is 9.59 Å². The monoisotopic (exact) mass is 433 g/mol. The Labute approximate surface area is 175 Å². The number of carbonyl (C=O) groups excluding carboxylic acids is 2. The van der Waals surface area contributed by atoms with Crippen molar-refractivity contribution in [3.63, 3.8) is 0 Å². The van der Waals surface area contributed by atoms with Gasteiger partial charge in [0.2, 0.25) is 0 Å². The molecular formula is C19H19N3O7S. The van der Waals surface area contributed by atoms with Crippen molar-refractivity contribution in [2.75, 3.05) is 12.0 Å². The van der Waals surface area contributed by atoms with Crippen molar-refractivity contribution in [2.24, 2.45) is 0 Å². The van der Waals surface area contributed by atoms with Gasteiger partial charge in [-0.1, -0.05) is 0 Å². The van der Waals surface area contributed by atoms with Gasteiger partial charge >= 0.3 is 5.97 Å². The average molecular weight is 433 g/mol. The Morgan fingerprint density at radius 1 is 1.27 bits per heavy atom. The van der Waals surface area contributed by atoms with E-state index in [4.69, 9.17) is 4.42 Å². The lowest BCUT2D eigenvalue weighted by Gasteiger charge is -2.16. The highest BCUT2D eigenvalue weighted by atomic mass is 32.2. The van der Waals surface area contributed by atoms with Crippen LogP contribution in [0.1, 0.15) is 22.5 Å². The number of rotatable bonds is 10. The number of nitrogens with one attached hydrogen (secondary N) is 2. The summed E-state index contributed by atoms with van der Waals surface area (Å²) in [5, 5.41) is 24.9. The molecule has 3 N–H and O–H groups in total. The fourth-order valence-corrected chi connectivity index (χ4v) is 2.81. The Morgan fingerprint density at radius 3 is 2.50 bits per heavy atom. The molecule has 1 heterocycles. The molecule has 0 aliphatic carbocycles. The van der Waals surface area contributed by atoms with E-state index in [1.807, 2.05) is 6.26 Å². The number of hydrogen-bond donors (Lipinski definition) is 3. The number of carboxylic acid groups (broad SMARTS) is 1. The van der Waals surface area contributed by atoms with Crippen LogP contribution in [0.4, 0.5) is 5.69 Å². The molecule has 0 fully saturated rings. The van der Waals surface area contributed by atoms with Gasteiger partial charge in [0.05, 0.1) is 11.2 Å². The molecule has 0 radical (unpaired) electrons. The van der Waals surface area contributed by atoms with Crippen LogP contribution in [-0.4, -0.2) is 45.9 Å². The van der Waals surface area contributed by atoms with Crippen molar-refractivity contribution in [1.29, 1.82) is 0 Å². The Morgan fingerprint density at radius 2 is 1.97 bits per heavy atom. The minimum absolute atomic E-state index is 0.0467. The van der Waals surface area contributed by atoms with Gasteiger partial charge < -0.3 is 20.2 Å². The van der Waals surface area contributed by atoms with Crippen LogP contribution in [0.5, 0.6) is 0 Å². The number of furan rings is 1. The predicted octanol–water partition coefficient (Wildman–Crippen LogP) is 2.28. The second kappa shape index (κ2) is 10.8. The standard InChI is InChI=1S/C19H19N3O7S/c1-30-10-8-14(19(25)26)20-17(23)15(21-18(24)16-3-2-9-29-16)11-12-4-6-13(7-5-12)22(27)28/h2-7,9,11,14H,8,10H2,1H3,(H,20,23)(H,21,24)(H,25,26)/b15-11-/t14-/m0/s1. The summed E-state index contributed by atoms with van der Waals surface area (Å²) in [6, 6.07) is 7.03. The SMILES string of the molecule is CSCC[C@H](NC(=O)/C(=C/c1ccc([N+](=O)[O-])cc1)NC(=O)c1ccco1)C(=O)O. The van der Waals surface area contributed by atoms with E-state index in [1.54, 1.807) is 0 Å². The molecule has 1 atom stereocenters. The van der Waals surface area contributed by atoms with Gasteiger partial charge in [-0.25, -0.2) is 4.79 Å². The van der Waals surface area contributed by atoms with Crippen LogP contribution in [0.3, 0.4) is 0 Å². The van der Waals surface area contributed by atoms with Crippen molar-refractivity contribution in [3.8, 4) is 0 Å². The minimum atomic E-state index is -1.20. The summed E-state index contributed by atoms with van der Waals surface area (Å²) in [5.41, 5.74) is 0.0166. The summed E-state index contributed by atoms with van der Waals surface area (Å²) in [6.45, 7) is 0. The smallest absolute Gasteiger partial charge is 0.326 e. The maximum Gasteiger partial charge on any atom is 0.326 e. The fourth-order valence-electron chi connectivity index (χ4n) is 2.34. The van der Waals surface area contributed by atoms with Crippen molar-refractivity contribution in [3.05, 3.63) is 69.8 Å². The van der Waals surface area contributed by atoms with Crippen LogP contribution < -0.4 is 10.6 Å². The van der Waals surface area contributed by atoms with Gasteiger partial charge in [0.25, 0.3) is 17.5 Å². The molecule has 10 nitrogen and oxygen atoms in total. The molecule has 0 aliphatic heterocycles. The number of nitro benzene ring substituents is 1. The molecule has 2 rings (SSSR count). The largest absolute Gasteiger partial charge is 0.480 e. The van der Waals surface area contributed by atoms with Gasteiger partial charge in [0.15, 0.2) is 5.76 Å².